The van der Waals surface area contributed by atoms with E-state index in [-0.39, 0.29) is 30.0 Å². The second-order valence-corrected chi connectivity index (χ2v) is 8.80. The number of nitrogens with zero attached hydrogens (tertiary/aromatic N) is 2. The van der Waals surface area contributed by atoms with Crippen molar-refractivity contribution in [3.8, 4) is 0 Å². The first-order valence-electron chi connectivity index (χ1n) is 9.70. The average molecular weight is 522 g/mol. The first-order chi connectivity index (χ1) is 13.0. The highest BCUT2D eigenvalue weighted by molar-refractivity contribution is 14.0. The minimum absolute atomic E-state index is 0. The topological polar surface area (TPSA) is 83.0 Å². The van der Waals surface area contributed by atoms with Gasteiger partial charge in [-0.15, -0.1) is 24.0 Å². The molecule has 0 aromatic heterocycles. The molecule has 0 spiro atoms. The van der Waals surface area contributed by atoms with Crippen molar-refractivity contribution in [2.45, 2.75) is 56.2 Å². The number of halogens is 1. The summed E-state index contributed by atoms with van der Waals surface area (Å²) in [5.41, 5.74) is 1.02. The zero-order valence-corrected chi connectivity index (χ0v) is 19.7. The molecule has 2 fully saturated rings. The molecule has 1 aromatic carbocycles. The van der Waals surface area contributed by atoms with Gasteiger partial charge < -0.3 is 15.0 Å². The monoisotopic (exact) mass is 522 g/mol. The van der Waals surface area contributed by atoms with Gasteiger partial charge in [-0.3, -0.25) is 4.99 Å². The largest absolute Gasteiger partial charge is 0.378 e. The Kier molecular flexibility index (Phi) is 8.97. The molecule has 0 radical (unpaired) electrons. The Morgan fingerprint density at radius 3 is 2.36 bits per heavy atom. The Balaban J connectivity index is 0.00000280. The summed E-state index contributed by atoms with van der Waals surface area (Å²) in [4.78, 5) is 6.94. The van der Waals surface area contributed by atoms with E-state index in [1.807, 2.05) is 19.1 Å². The summed E-state index contributed by atoms with van der Waals surface area (Å²) in [5, 5.41) is 3.37. The van der Waals surface area contributed by atoms with E-state index in [0.29, 0.717) is 17.5 Å². The molecule has 1 heterocycles. The number of nitrogens with one attached hydrogen (secondary N) is 2. The van der Waals surface area contributed by atoms with Crippen molar-refractivity contribution >= 4 is 40.0 Å². The van der Waals surface area contributed by atoms with Gasteiger partial charge >= 0.3 is 0 Å². The number of rotatable bonds is 7. The fourth-order valence-electron chi connectivity index (χ4n) is 3.26. The van der Waals surface area contributed by atoms with Crippen LogP contribution >= 0.6 is 24.0 Å². The van der Waals surface area contributed by atoms with Crippen LogP contribution in [0.25, 0.3) is 0 Å². The molecular formula is C19H31IN4O3S. The number of ether oxygens (including phenoxy) is 1. The molecule has 3 rings (SSSR count). The lowest BCUT2D eigenvalue weighted by molar-refractivity contribution is 0.0263. The Morgan fingerprint density at radius 1 is 1.18 bits per heavy atom. The lowest BCUT2D eigenvalue weighted by Gasteiger charge is -2.34. The second-order valence-electron chi connectivity index (χ2n) is 7.08. The molecule has 0 unspecified atom stereocenters. The van der Waals surface area contributed by atoms with Crippen LogP contribution in [0, 0.1) is 0 Å². The quantitative estimate of drug-likeness (QED) is 0.327. The highest BCUT2D eigenvalue weighted by Crippen LogP contribution is 2.22. The summed E-state index contributed by atoms with van der Waals surface area (Å²) < 4.78 is 32.8. The van der Waals surface area contributed by atoms with Crippen molar-refractivity contribution in [1.82, 2.24) is 14.9 Å². The van der Waals surface area contributed by atoms with Gasteiger partial charge in [-0.1, -0.05) is 12.1 Å². The van der Waals surface area contributed by atoms with Crippen LogP contribution in [0.3, 0.4) is 0 Å². The van der Waals surface area contributed by atoms with Gasteiger partial charge in [-0.2, -0.15) is 0 Å². The third-order valence-corrected chi connectivity index (χ3v) is 6.48. The number of guanidine groups is 1. The number of likely N-dealkylation sites (tertiary alicyclic amines) is 1. The van der Waals surface area contributed by atoms with Crippen molar-refractivity contribution < 1.29 is 13.2 Å². The van der Waals surface area contributed by atoms with E-state index in [0.717, 1.165) is 56.9 Å². The Morgan fingerprint density at radius 2 is 1.82 bits per heavy atom. The van der Waals surface area contributed by atoms with Crippen LogP contribution in [0.2, 0.25) is 0 Å². The maximum atomic E-state index is 12.2. The predicted octanol–water partition coefficient (Wildman–Crippen LogP) is 2.32. The van der Waals surface area contributed by atoms with Crippen molar-refractivity contribution in [3.05, 3.63) is 29.8 Å². The van der Waals surface area contributed by atoms with Crippen LogP contribution in [-0.2, 0) is 21.3 Å². The first kappa shape index (κ1) is 23.4. The maximum absolute atomic E-state index is 12.2. The fraction of sp³-hybridized carbons (Fsp3) is 0.632. The average Bonchev–Trinajstić information content (AvgIpc) is 3.47. The third-order valence-electron chi connectivity index (χ3n) is 4.94. The fourth-order valence-corrected chi connectivity index (χ4v) is 4.56. The van der Waals surface area contributed by atoms with Crippen LogP contribution in [0.1, 0.15) is 38.2 Å². The molecule has 1 aromatic rings. The van der Waals surface area contributed by atoms with Crippen LogP contribution in [0.15, 0.2) is 34.2 Å². The van der Waals surface area contributed by atoms with Crippen molar-refractivity contribution in [1.29, 1.82) is 0 Å². The van der Waals surface area contributed by atoms with Crippen molar-refractivity contribution in [3.63, 3.8) is 0 Å². The molecule has 0 amide bonds. The predicted molar refractivity (Wildman–Crippen MR) is 122 cm³/mol. The van der Waals surface area contributed by atoms with Gasteiger partial charge in [0.2, 0.25) is 10.0 Å². The van der Waals surface area contributed by atoms with E-state index in [2.05, 4.69) is 19.9 Å². The normalized spacial score (nSPS) is 18.6. The lowest BCUT2D eigenvalue weighted by Crippen LogP contribution is -2.46. The highest BCUT2D eigenvalue weighted by atomic mass is 127. The zero-order valence-electron chi connectivity index (χ0n) is 16.6. The van der Waals surface area contributed by atoms with Gasteiger partial charge in [-0.25, -0.2) is 13.1 Å². The zero-order chi connectivity index (χ0) is 19.3. The molecule has 0 bridgehead atoms. The Hall–Kier alpha value is -0.910. The number of benzene rings is 1. The Labute approximate surface area is 185 Å². The summed E-state index contributed by atoms with van der Waals surface area (Å²) in [6, 6.07) is 7.15. The van der Waals surface area contributed by atoms with E-state index in [9.17, 15) is 8.42 Å². The summed E-state index contributed by atoms with van der Waals surface area (Å²) in [6.07, 6.45) is 4.23. The molecule has 158 valence electrons. The molecule has 9 heteroatoms. The van der Waals surface area contributed by atoms with Gasteiger partial charge in [0.25, 0.3) is 0 Å². The van der Waals surface area contributed by atoms with Gasteiger partial charge in [0, 0.05) is 39.3 Å². The molecule has 7 nitrogen and oxygen atoms in total. The van der Waals surface area contributed by atoms with Crippen molar-refractivity contribution in [2.75, 3.05) is 26.7 Å². The number of hydrogen-bond donors (Lipinski definition) is 2. The van der Waals surface area contributed by atoms with E-state index >= 15 is 0 Å². The van der Waals surface area contributed by atoms with Gasteiger partial charge in [0.15, 0.2) is 5.96 Å². The highest BCUT2D eigenvalue weighted by Gasteiger charge is 2.27. The molecule has 28 heavy (non-hydrogen) atoms. The van der Waals surface area contributed by atoms with Crippen LogP contribution in [0.4, 0.5) is 0 Å². The summed E-state index contributed by atoms with van der Waals surface area (Å²) in [6.45, 7) is 5.25. The minimum atomic E-state index is -3.39. The number of piperidine rings is 1. The van der Waals surface area contributed by atoms with Gasteiger partial charge in [0.05, 0.1) is 11.0 Å². The molecule has 1 saturated carbocycles. The van der Waals surface area contributed by atoms with Gasteiger partial charge in [-0.05, 0) is 50.3 Å². The number of hydrogen-bond acceptors (Lipinski definition) is 4. The lowest BCUT2D eigenvalue weighted by atomic mass is 10.1. The smallest absolute Gasteiger partial charge is 0.240 e. The molecule has 1 aliphatic carbocycles. The first-order valence-corrected chi connectivity index (χ1v) is 11.2. The molecule has 2 N–H and O–H groups in total. The van der Waals surface area contributed by atoms with Crippen LogP contribution in [0.5, 0.6) is 0 Å². The van der Waals surface area contributed by atoms with E-state index in [1.54, 1.807) is 19.2 Å². The van der Waals surface area contributed by atoms with Gasteiger partial charge in [0.1, 0.15) is 0 Å². The van der Waals surface area contributed by atoms with E-state index in [1.165, 1.54) is 0 Å². The molecule has 0 atom stereocenters. The summed E-state index contributed by atoms with van der Waals surface area (Å²) in [7, 11) is -1.60. The standard InChI is InChI=1S/C19H30N4O3S.HI/c1-3-26-17-10-12-23(13-11-17)19(20-2)21-14-15-4-8-18(9-5-15)27(24,25)22-16-6-7-16;/h4-5,8-9,16-17,22H,3,6-7,10-14H2,1-2H3,(H,20,21);1H. The molecular weight excluding hydrogens is 491 g/mol. The summed E-state index contributed by atoms with van der Waals surface area (Å²) in [5.74, 6) is 0.872. The number of sulfonamides is 1. The minimum Gasteiger partial charge on any atom is -0.378 e. The molecule has 1 aliphatic heterocycles. The maximum Gasteiger partial charge on any atom is 0.240 e. The SMILES string of the molecule is CCOC1CCN(C(=NC)NCc2ccc(S(=O)(=O)NC3CC3)cc2)CC1.I. The molecule has 2 aliphatic rings. The van der Waals surface area contributed by atoms with E-state index < -0.39 is 10.0 Å². The third kappa shape index (κ3) is 6.57. The van der Waals surface area contributed by atoms with Crippen LogP contribution in [-0.4, -0.2) is 58.2 Å². The second kappa shape index (κ2) is 10.7. The number of aliphatic imine (C=N–C) groups is 1. The van der Waals surface area contributed by atoms with Crippen LogP contribution < -0.4 is 10.0 Å². The molecule has 1 saturated heterocycles. The van der Waals surface area contributed by atoms with Crippen molar-refractivity contribution in [2.24, 2.45) is 4.99 Å². The Bertz CT molecular complexity index is 743. The summed E-state index contributed by atoms with van der Waals surface area (Å²) >= 11 is 0. The van der Waals surface area contributed by atoms with E-state index in [4.69, 9.17) is 4.74 Å².